The van der Waals surface area contributed by atoms with E-state index in [9.17, 15) is 9.90 Å². The minimum Gasteiger partial charge on any atom is -0.480 e. The summed E-state index contributed by atoms with van der Waals surface area (Å²) in [6.45, 7) is 0. The van der Waals surface area contributed by atoms with E-state index in [0.29, 0.717) is 10.9 Å². The SMILES string of the molecule is O=C(O)[C@@H]1CS[C@@H](c2c(-c3ccccc3)nn(-c3ccccc3)c2Cl)N1. The lowest BCUT2D eigenvalue weighted by molar-refractivity contribution is -0.138. The molecule has 1 fully saturated rings. The highest BCUT2D eigenvalue weighted by Crippen LogP contribution is 2.42. The van der Waals surface area contributed by atoms with Crippen LogP contribution in [0.4, 0.5) is 0 Å². The molecule has 0 amide bonds. The Labute approximate surface area is 160 Å². The molecule has 0 aliphatic carbocycles. The van der Waals surface area contributed by atoms with Crippen molar-refractivity contribution in [1.82, 2.24) is 15.1 Å². The summed E-state index contributed by atoms with van der Waals surface area (Å²) in [6.07, 6.45) is 0. The first kappa shape index (κ1) is 17.1. The van der Waals surface area contributed by atoms with Crippen molar-refractivity contribution in [1.29, 1.82) is 0 Å². The van der Waals surface area contributed by atoms with Crippen molar-refractivity contribution in [2.75, 3.05) is 5.75 Å². The fourth-order valence-corrected chi connectivity index (χ4v) is 4.64. The van der Waals surface area contributed by atoms with Gasteiger partial charge >= 0.3 is 5.97 Å². The summed E-state index contributed by atoms with van der Waals surface area (Å²) in [5.74, 6) is -0.367. The van der Waals surface area contributed by atoms with Gasteiger partial charge in [-0.3, -0.25) is 10.1 Å². The van der Waals surface area contributed by atoms with Gasteiger partial charge in [-0.25, -0.2) is 4.68 Å². The van der Waals surface area contributed by atoms with Crippen LogP contribution in [0.2, 0.25) is 5.15 Å². The lowest BCUT2D eigenvalue weighted by Crippen LogP contribution is -2.33. The third-order valence-electron chi connectivity index (χ3n) is 4.25. The van der Waals surface area contributed by atoms with Gasteiger partial charge < -0.3 is 5.11 Å². The molecule has 0 bridgehead atoms. The molecule has 7 heteroatoms. The first-order chi connectivity index (χ1) is 12.6. The number of halogens is 1. The number of benzene rings is 2. The molecule has 0 radical (unpaired) electrons. The van der Waals surface area contributed by atoms with E-state index in [-0.39, 0.29) is 5.37 Å². The molecule has 0 spiro atoms. The monoisotopic (exact) mass is 385 g/mol. The van der Waals surface area contributed by atoms with E-state index < -0.39 is 12.0 Å². The van der Waals surface area contributed by atoms with Crippen LogP contribution in [0.1, 0.15) is 10.9 Å². The standard InChI is InChI=1S/C19H16ClN3O2S/c20-17-15(18-21-14(11-26-18)19(24)25)16(12-7-3-1-4-8-12)22-23(17)13-9-5-2-6-10-13/h1-10,14,18,21H,11H2,(H,24,25)/t14-,18-/m0/s1. The van der Waals surface area contributed by atoms with Crippen LogP contribution in [0.15, 0.2) is 60.7 Å². The van der Waals surface area contributed by atoms with Gasteiger partial charge in [0.1, 0.15) is 11.2 Å². The maximum Gasteiger partial charge on any atom is 0.321 e. The third kappa shape index (κ3) is 3.11. The Bertz CT molecular complexity index is 931. The number of para-hydroxylation sites is 1. The Hall–Kier alpha value is -2.28. The molecule has 2 atom stereocenters. The zero-order valence-corrected chi connectivity index (χ0v) is 15.2. The molecule has 1 aromatic heterocycles. The van der Waals surface area contributed by atoms with Gasteiger partial charge in [0.2, 0.25) is 0 Å². The van der Waals surface area contributed by atoms with Crippen molar-refractivity contribution in [2.45, 2.75) is 11.4 Å². The molecular formula is C19H16ClN3O2S. The van der Waals surface area contributed by atoms with Gasteiger partial charge in [0.15, 0.2) is 0 Å². The number of aliphatic carboxylic acids is 1. The van der Waals surface area contributed by atoms with Crippen molar-refractivity contribution >= 4 is 29.3 Å². The van der Waals surface area contributed by atoms with E-state index in [0.717, 1.165) is 22.5 Å². The maximum atomic E-state index is 11.3. The highest BCUT2D eigenvalue weighted by Gasteiger charge is 2.35. The predicted octanol–water partition coefficient (Wildman–Crippen LogP) is 3.98. The molecule has 2 N–H and O–H groups in total. The Kier molecular flexibility index (Phi) is 4.72. The molecule has 1 aliphatic rings. The summed E-state index contributed by atoms with van der Waals surface area (Å²) in [4.78, 5) is 11.3. The van der Waals surface area contributed by atoms with Gasteiger partial charge in [-0.15, -0.1) is 11.8 Å². The number of rotatable bonds is 4. The van der Waals surface area contributed by atoms with E-state index in [1.165, 1.54) is 11.8 Å². The van der Waals surface area contributed by atoms with Crippen LogP contribution in [0.25, 0.3) is 16.9 Å². The summed E-state index contributed by atoms with van der Waals surface area (Å²) in [6, 6.07) is 18.9. The normalized spacial score (nSPS) is 19.6. The highest BCUT2D eigenvalue weighted by atomic mass is 35.5. The molecule has 0 unspecified atom stereocenters. The van der Waals surface area contributed by atoms with Crippen LogP contribution in [-0.4, -0.2) is 32.7 Å². The molecular weight excluding hydrogens is 370 g/mol. The molecule has 5 nitrogen and oxygen atoms in total. The number of carboxylic acid groups (broad SMARTS) is 1. The molecule has 0 saturated carbocycles. The van der Waals surface area contributed by atoms with Crippen LogP contribution < -0.4 is 5.32 Å². The molecule has 132 valence electrons. The summed E-state index contributed by atoms with van der Waals surface area (Å²) in [5, 5.41) is 17.4. The van der Waals surface area contributed by atoms with E-state index in [4.69, 9.17) is 16.7 Å². The lowest BCUT2D eigenvalue weighted by Gasteiger charge is -2.12. The zero-order chi connectivity index (χ0) is 18.1. The van der Waals surface area contributed by atoms with Crippen LogP contribution >= 0.6 is 23.4 Å². The maximum absolute atomic E-state index is 11.3. The summed E-state index contributed by atoms with van der Waals surface area (Å²) >= 11 is 8.25. The van der Waals surface area contributed by atoms with Gasteiger partial charge in [-0.1, -0.05) is 60.1 Å². The number of carbonyl (C=O) groups is 1. The van der Waals surface area contributed by atoms with Gasteiger partial charge in [-0.05, 0) is 12.1 Å². The molecule has 26 heavy (non-hydrogen) atoms. The fourth-order valence-electron chi connectivity index (χ4n) is 2.97. The Morgan fingerprint density at radius 1 is 1.15 bits per heavy atom. The second-order valence-corrected chi connectivity index (χ2v) is 7.43. The van der Waals surface area contributed by atoms with Crippen molar-refractivity contribution in [3.63, 3.8) is 0 Å². The minimum absolute atomic E-state index is 0.226. The van der Waals surface area contributed by atoms with Crippen LogP contribution in [0, 0.1) is 0 Å². The van der Waals surface area contributed by atoms with Crippen molar-refractivity contribution in [3.8, 4) is 16.9 Å². The number of aromatic nitrogens is 2. The molecule has 2 heterocycles. The quantitative estimate of drug-likeness (QED) is 0.711. The summed E-state index contributed by atoms with van der Waals surface area (Å²) in [5.41, 5.74) is 3.38. The topological polar surface area (TPSA) is 67.1 Å². The number of thioether (sulfide) groups is 1. The van der Waals surface area contributed by atoms with Crippen LogP contribution in [0.3, 0.4) is 0 Å². The van der Waals surface area contributed by atoms with Gasteiger partial charge in [0.05, 0.1) is 16.8 Å². The van der Waals surface area contributed by atoms with E-state index in [1.54, 1.807) is 4.68 Å². The van der Waals surface area contributed by atoms with E-state index >= 15 is 0 Å². The third-order valence-corrected chi connectivity index (χ3v) is 5.85. The molecule has 3 aromatic rings. The van der Waals surface area contributed by atoms with Crippen molar-refractivity contribution in [2.24, 2.45) is 0 Å². The highest BCUT2D eigenvalue weighted by molar-refractivity contribution is 7.99. The van der Waals surface area contributed by atoms with E-state index in [2.05, 4.69) is 5.32 Å². The zero-order valence-electron chi connectivity index (χ0n) is 13.7. The largest absolute Gasteiger partial charge is 0.480 e. The van der Waals surface area contributed by atoms with Crippen LogP contribution in [0.5, 0.6) is 0 Å². The van der Waals surface area contributed by atoms with Gasteiger partial charge in [0.25, 0.3) is 0 Å². The Morgan fingerprint density at radius 2 is 1.81 bits per heavy atom. The fraction of sp³-hybridized carbons (Fsp3) is 0.158. The number of hydrogen-bond acceptors (Lipinski definition) is 4. The average Bonchev–Trinajstić information content (AvgIpc) is 3.28. The average molecular weight is 386 g/mol. The molecule has 2 aromatic carbocycles. The molecule has 1 aliphatic heterocycles. The Morgan fingerprint density at radius 3 is 2.42 bits per heavy atom. The molecule has 1 saturated heterocycles. The summed E-state index contributed by atoms with van der Waals surface area (Å²) < 4.78 is 1.70. The van der Waals surface area contributed by atoms with Gasteiger partial charge in [-0.2, -0.15) is 5.10 Å². The molecule has 4 rings (SSSR count). The second kappa shape index (κ2) is 7.15. The number of hydrogen-bond donors (Lipinski definition) is 2. The first-order valence-corrected chi connectivity index (χ1v) is 9.57. The smallest absolute Gasteiger partial charge is 0.321 e. The van der Waals surface area contributed by atoms with Crippen LogP contribution in [-0.2, 0) is 4.79 Å². The summed E-state index contributed by atoms with van der Waals surface area (Å²) in [7, 11) is 0. The number of nitrogens with zero attached hydrogens (tertiary/aromatic N) is 2. The van der Waals surface area contributed by atoms with E-state index in [1.807, 2.05) is 60.7 Å². The number of nitrogens with one attached hydrogen (secondary N) is 1. The lowest BCUT2D eigenvalue weighted by atomic mass is 10.1. The first-order valence-electron chi connectivity index (χ1n) is 8.15. The predicted molar refractivity (Wildman–Crippen MR) is 104 cm³/mol. The number of carboxylic acids is 1. The second-order valence-electron chi connectivity index (χ2n) is 5.94. The van der Waals surface area contributed by atoms with Crippen molar-refractivity contribution < 1.29 is 9.90 Å². The minimum atomic E-state index is -0.854. The van der Waals surface area contributed by atoms with Crippen molar-refractivity contribution in [3.05, 3.63) is 71.4 Å². The van der Waals surface area contributed by atoms with Gasteiger partial charge in [0, 0.05) is 16.9 Å². The Balaban J connectivity index is 1.84.